The number of rotatable bonds is 10. The third-order valence-electron chi connectivity index (χ3n) is 9.66. The first-order valence-corrected chi connectivity index (χ1v) is 18.6. The van der Waals surface area contributed by atoms with E-state index in [4.69, 9.17) is 5.73 Å². The molecular weight excluding hydrogens is 678 g/mol. The molecule has 0 unspecified atom stereocenters. The van der Waals surface area contributed by atoms with Crippen molar-refractivity contribution in [3.63, 3.8) is 0 Å². The monoisotopic (exact) mass is 733 g/mol. The van der Waals surface area contributed by atoms with Gasteiger partial charge in [-0.15, -0.1) is 0 Å². The first kappa shape index (κ1) is 40.8. The van der Waals surface area contributed by atoms with Gasteiger partial charge in [0.15, 0.2) is 0 Å². The van der Waals surface area contributed by atoms with Crippen LogP contribution in [0.5, 0.6) is 5.75 Å². The molecule has 14 heteroatoms. The highest BCUT2D eigenvalue weighted by Crippen LogP contribution is 2.21. The molecule has 6 amide bonds. The van der Waals surface area contributed by atoms with Crippen molar-refractivity contribution < 1.29 is 33.9 Å². The molecule has 0 saturated carbocycles. The van der Waals surface area contributed by atoms with Crippen LogP contribution in [0, 0.1) is 11.8 Å². The number of nitrogens with one attached hydrogen (secondary N) is 5. The first-order valence-electron chi connectivity index (χ1n) is 18.6. The van der Waals surface area contributed by atoms with Gasteiger partial charge in [-0.05, 0) is 73.7 Å². The maximum absolute atomic E-state index is 14.4. The Morgan fingerprint density at radius 3 is 1.91 bits per heavy atom. The molecule has 0 bridgehead atoms. The topological polar surface area (TPSA) is 212 Å². The largest absolute Gasteiger partial charge is 0.508 e. The maximum atomic E-state index is 14.4. The average molecular weight is 734 g/mol. The highest BCUT2D eigenvalue weighted by molar-refractivity contribution is 5.98. The number of benzene rings is 2. The number of phenols is 1. The van der Waals surface area contributed by atoms with Crippen molar-refractivity contribution in [3.8, 4) is 5.75 Å². The number of carbonyl (C=O) groups excluding carboxylic acids is 6. The molecule has 53 heavy (non-hydrogen) atoms. The van der Waals surface area contributed by atoms with Crippen LogP contribution in [0.4, 0.5) is 0 Å². The fourth-order valence-corrected chi connectivity index (χ4v) is 6.79. The van der Waals surface area contributed by atoms with Crippen LogP contribution in [0.1, 0.15) is 70.9 Å². The number of nitrogens with zero attached hydrogens (tertiary/aromatic N) is 1. The minimum Gasteiger partial charge on any atom is -0.508 e. The number of phenolic OH excluding ortho intramolecular Hbond substituents is 1. The molecule has 14 nitrogen and oxygen atoms in total. The van der Waals surface area contributed by atoms with Crippen molar-refractivity contribution in [1.82, 2.24) is 31.5 Å². The van der Waals surface area contributed by atoms with Gasteiger partial charge in [-0.2, -0.15) is 0 Å². The van der Waals surface area contributed by atoms with Crippen molar-refractivity contribution in [2.75, 3.05) is 13.1 Å². The van der Waals surface area contributed by atoms with Gasteiger partial charge < -0.3 is 42.3 Å². The lowest BCUT2D eigenvalue weighted by Gasteiger charge is -2.32. The summed E-state index contributed by atoms with van der Waals surface area (Å²) in [5, 5.41) is 24.0. The zero-order chi connectivity index (χ0) is 38.7. The smallest absolute Gasteiger partial charge is 0.246 e. The van der Waals surface area contributed by atoms with Crippen LogP contribution < -0.4 is 32.3 Å². The summed E-state index contributed by atoms with van der Waals surface area (Å²) in [6.07, 6.45) is 1.84. The van der Waals surface area contributed by atoms with E-state index in [1.807, 2.05) is 44.2 Å². The summed E-state index contributed by atoms with van der Waals surface area (Å²) >= 11 is 0. The van der Waals surface area contributed by atoms with Crippen molar-refractivity contribution in [2.45, 2.75) is 109 Å². The van der Waals surface area contributed by atoms with Gasteiger partial charge in [-0.3, -0.25) is 28.8 Å². The zero-order valence-corrected chi connectivity index (χ0v) is 31.1. The second-order valence-corrected chi connectivity index (χ2v) is 14.8. The first-order chi connectivity index (χ1) is 25.3. The lowest BCUT2D eigenvalue weighted by Crippen LogP contribution is -2.62. The van der Waals surface area contributed by atoms with Crippen molar-refractivity contribution >= 4 is 35.4 Å². The lowest BCUT2D eigenvalue weighted by atomic mass is 9.98. The van der Waals surface area contributed by atoms with E-state index in [-0.39, 0.29) is 50.4 Å². The van der Waals surface area contributed by atoms with Crippen LogP contribution in [-0.2, 0) is 41.6 Å². The number of carbonyl (C=O) groups is 6. The number of hydrogen-bond donors (Lipinski definition) is 7. The molecule has 0 aromatic heterocycles. The predicted octanol–water partition coefficient (Wildman–Crippen LogP) is 1.05. The molecular formula is C39H55N7O7. The summed E-state index contributed by atoms with van der Waals surface area (Å²) in [6, 6.07) is 9.01. The minimum atomic E-state index is -1.16. The third-order valence-corrected chi connectivity index (χ3v) is 9.66. The maximum Gasteiger partial charge on any atom is 0.246 e. The summed E-state index contributed by atoms with van der Waals surface area (Å²) in [5.74, 6) is -3.81. The van der Waals surface area contributed by atoms with Gasteiger partial charge in [0.1, 0.15) is 42.0 Å². The van der Waals surface area contributed by atoms with Gasteiger partial charge in [-0.1, -0.05) is 70.2 Å². The van der Waals surface area contributed by atoms with E-state index in [2.05, 4.69) is 26.6 Å². The second-order valence-electron chi connectivity index (χ2n) is 14.8. The molecule has 2 aromatic rings. The van der Waals surface area contributed by atoms with Crippen molar-refractivity contribution in [3.05, 3.63) is 65.7 Å². The molecule has 2 aromatic carbocycles. The van der Waals surface area contributed by atoms with Crippen LogP contribution >= 0.6 is 0 Å². The molecule has 0 radical (unpaired) electrons. The van der Waals surface area contributed by atoms with E-state index in [9.17, 15) is 33.9 Å². The van der Waals surface area contributed by atoms with Gasteiger partial charge in [-0.25, -0.2) is 0 Å². The molecule has 0 spiro atoms. The standard InChI is InChI=1S/C39H55N7O7/c1-23(2)20-29-35(49)44-31(22-25-10-6-5-7-11-25)39(53)46-19-9-13-32(46)37(51)43-30(21-26-14-16-27(47)17-15-26)36(50)45-33(24(3)4)38(52)41-28(12-8-18-40)34(48)42-29/h5-7,10-11,14-17,23-24,28-33,47H,8-9,12-13,18-22,40H2,1-4H3,(H,41,52)(H,42,48)(H,43,51)(H,44,49)(H,45,50)/t28-,29-,30+,31+,32-,33-/m0/s1. The summed E-state index contributed by atoms with van der Waals surface area (Å²) in [7, 11) is 0. The van der Waals surface area contributed by atoms with Gasteiger partial charge in [0.05, 0.1) is 0 Å². The Morgan fingerprint density at radius 2 is 1.26 bits per heavy atom. The Balaban J connectivity index is 1.77. The highest BCUT2D eigenvalue weighted by Gasteiger charge is 2.41. The van der Waals surface area contributed by atoms with Crippen molar-refractivity contribution in [1.29, 1.82) is 0 Å². The fraction of sp³-hybridized carbons (Fsp3) is 0.538. The number of hydrogen-bond acceptors (Lipinski definition) is 8. The van der Waals surface area contributed by atoms with Crippen molar-refractivity contribution in [2.24, 2.45) is 17.6 Å². The van der Waals surface area contributed by atoms with Crippen LogP contribution in [0.25, 0.3) is 0 Å². The van der Waals surface area contributed by atoms with E-state index >= 15 is 0 Å². The predicted molar refractivity (Wildman–Crippen MR) is 199 cm³/mol. The van der Waals surface area contributed by atoms with Gasteiger partial charge >= 0.3 is 0 Å². The zero-order valence-electron chi connectivity index (χ0n) is 31.1. The molecule has 8 N–H and O–H groups in total. The molecule has 2 aliphatic rings. The van der Waals surface area contributed by atoms with Crippen LogP contribution in [-0.4, -0.2) is 94.8 Å². The number of fused-ring (bicyclic) bond motifs is 1. The molecule has 2 fully saturated rings. The third kappa shape index (κ3) is 11.5. The molecule has 2 aliphatic heterocycles. The number of nitrogens with two attached hydrogens (primary N) is 1. The van der Waals surface area contributed by atoms with Crippen LogP contribution in [0.3, 0.4) is 0 Å². The molecule has 6 atom stereocenters. The molecule has 2 heterocycles. The lowest BCUT2D eigenvalue weighted by molar-refractivity contribution is -0.143. The Kier molecular flexibility index (Phi) is 14.8. The van der Waals surface area contributed by atoms with E-state index < -0.39 is 77.6 Å². The van der Waals surface area contributed by atoms with Gasteiger partial charge in [0, 0.05) is 19.4 Å². The Labute approximate surface area is 311 Å². The molecule has 0 aliphatic carbocycles. The van der Waals surface area contributed by atoms with E-state index in [1.165, 1.54) is 17.0 Å². The summed E-state index contributed by atoms with van der Waals surface area (Å²) in [6.45, 7) is 7.82. The van der Waals surface area contributed by atoms with E-state index in [1.54, 1.807) is 26.0 Å². The Bertz CT molecular complexity index is 1580. The van der Waals surface area contributed by atoms with Crippen LogP contribution in [0.2, 0.25) is 0 Å². The molecule has 2 saturated heterocycles. The molecule has 4 rings (SSSR count). The van der Waals surface area contributed by atoms with Gasteiger partial charge in [0.2, 0.25) is 35.4 Å². The van der Waals surface area contributed by atoms with E-state index in [0.29, 0.717) is 24.8 Å². The number of amides is 6. The van der Waals surface area contributed by atoms with Crippen LogP contribution in [0.15, 0.2) is 54.6 Å². The summed E-state index contributed by atoms with van der Waals surface area (Å²) in [5.41, 5.74) is 7.20. The SMILES string of the molecule is CC(C)C[C@@H]1NC(=O)[C@H](CCCN)NC(=O)[C@H](C(C)C)NC(=O)[C@@H](Cc2ccc(O)cc2)NC(=O)[C@@H]2CCCN2C(=O)[C@@H](Cc2ccccc2)NC1=O. The average Bonchev–Trinajstić information content (AvgIpc) is 3.62. The quantitative estimate of drug-likeness (QED) is 0.187. The van der Waals surface area contributed by atoms with E-state index in [0.717, 1.165) is 5.56 Å². The highest BCUT2D eigenvalue weighted by atomic mass is 16.3. The molecule has 288 valence electrons. The Morgan fingerprint density at radius 1 is 0.698 bits per heavy atom. The summed E-state index contributed by atoms with van der Waals surface area (Å²) < 4.78 is 0. The second kappa shape index (κ2) is 19.2. The van der Waals surface area contributed by atoms with Gasteiger partial charge in [0.25, 0.3) is 0 Å². The number of aromatic hydroxyl groups is 1. The fourth-order valence-electron chi connectivity index (χ4n) is 6.79. The minimum absolute atomic E-state index is 0.0222. The normalized spacial score (nSPS) is 25.2. The Hall–Kier alpha value is -4.98. The summed E-state index contributed by atoms with van der Waals surface area (Å²) in [4.78, 5) is 85.6.